The van der Waals surface area contributed by atoms with Crippen molar-refractivity contribution >= 4 is 17.6 Å². The molecule has 0 unspecified atom stereocenters. The number of aliphatic carboxylic acids is 1. The monoisotopic (exact) mass is 238 g/mol. The van der Waals surface area contributed by atoms with Crippen LogP contribution >= 0.6 is 0 Å². The molecular formula is C11H14N2O4. The lowest BCUT2D eigenvalue weighted by atomic mass is 10.1. The number of nitrogen functional groups attached to an aromatic ring is 1. The van der Waals surface area contributed by atoms with Crippen LogP contribution in [-0.2, 0) is 4.79 Å². The predicted octanol–water partition coefficient (Wildman–Crippen LogP) is -0.247. The van der Waals surface area contributed by atoms with Crippen LogP contribution in [-0.4, -0.2) is 34.7 Å². The summed E-state index contributed by atoms with van der Waals surface area (Å²) < 4.78 is 0. The number of carboxylic acid groups (broad SMARTS) is 1. The van der Waals surface area contributed by atoms with Crippen molar-refractivity contribution in [2.75, 3.05) is 12.3 Å². The van der Waals surface area contributed by atoms with E-state index in [-0.39, 0.29) is 0 Å². The summed E-state index contributed by atoms with van der Waals surface area (Å²) in [5, 5.41) is 19.6. The van der Waals surface area contributed by atoms with E-state index in [0.29, 0.717) is 11.3 Å². The zero-order valence-corrected chi connectivity index (χ0v) is 9.30. The second-order valence-corrected chi connectivity index (χ2v) is 3.62. The Labute approximate surface area is 98.1 Å². The molecule has 0 bridgehead atoms. The van der Waals surface area contributed by atoms with Gasteiger partial charge in [0.1, 0.15) is 0 Å². The van der Waals surface area contributed by atoms with E-state index in [1.165, 1.54) is 6.07 Å². The first-order valence-corrected chi connectivity index (χ1v) is 4.96. The van der Waals surface area contributed by atoms with Crippen molar-refractivity contribution in [2.24, 2.45) is 0 Å². The lowest BCUT2D eigenvalue weighted by molar-refractivity contribution is -0.140. The van der Waals surface area contributed by atoms with Crippen molar-refractivity contribution in [1.29, 1.82) is 0 Å². The normalized spacial score (nSPS) is 11.9. The van der Waals surface area contributed by atoms with Crippen LogP contribution in [0.5, 0.6) is 0 Å². The molecule has 0 radical (unpaired) electrons. The van der Waals surface area contributed by atoms with Crippen LogP contribution in [0.15, 0.2) is 18.2 Å². The molecule has 6 heteroatoms. The van der Waals surface area contributed by atoms with Crippen LogP contribution < -0.4 is 11.1 Å². The van der Waals surface area contributed by atoms with Gasteiger partial charge < -0.3 is 21.3 Å². The molecule has 1 amide bonds. The third kappa shape index (κ3) is 3.18. The molecule has 0 spiro atoms. The quantitative estimate of drug-likeness (QED) is 0.540. The number of hydrogen-bond acceptors (Lipinski definition) is 4. The van der Waals surface area contributed by atoms with Gasteiger partial charge in [0.2, 0.25) is 0 Å². The molecule has 0 heterocycles. The van der Waals surface area contributed by atoms with Gasteiger partial charge in [-0.05, 0) is 30.7 Å². The third-order valence-corrected chi connectivity index (χ3v) is 2.32. The molecule has 1 rings (SSSR count). The van der Waals surface area contributed by atoms with Crippen LogP contribution in [0.25, 0.3) is 0 Å². The van der Waals surface area contributed by atoms with Crippen LogP contribution in [0.1, 0.15) is 15.9 Å². The van der Waals surface area contributed by atoms with E-state index in [4.69, 9.17) is 15.9 Å². The number of carboxylic acids is 1. The smallest absolute Gasteiger partial charge is 0.328 e. The zero-order valence-electron chi connectivity index (χ0n) is 9.30. The van der Waals surface area contributed by atoms with Crippen molar-refractivity contribution in [3.8, 4) is 0 Å². The molecule has 5 N–H and O–H groups in total. The highest BCUT2D eigenvalue weighted by Gasteiger charge is 2.19. The number of aryl methyl sites for hydroxylation is 1. The van der Waals surface area contributed by atoms with E-state index < -0.39 is 24.5 Å². The Balaban J connectivity index is 2.82. The van der Waals surface area contributed by atoms with Gasteiger partial charge in [-0.2, -0.15) is 0 Å². The van der Waals surface area contributed by atoms with Crippen molar-refractivity contribution in [2.45, 2.75) is 13.0 Å². The molecule has 1 aromatic carbocycles. The Hall–Kier alpha value is -2.08. The Morgan fingerprint density at radius 1 is 1.47 bits per heavy atom. The highest BCUT2D eigenvalue weighted by atomic mass is 16.4. The number of carbonyl (C=O) groups is 2. The third-order valence-electron chi connectivity index (χ3n) is 2.32. The van der Waals surface area contributed by atoms with Gasteiger partial charge in [-0.25, -0.2) is 4.79 Å². The number of rotatable bonds is 4. The SMILES string of the molecule is Cc1cc(C(=O)N[C@H](CO)C(=O)O)ccc1N. The van der Waals surface area contributed by atoms with Gasteiger partial charge in [0.25, 0.3) is 5.91 Å². The average Bonchev–Trinajstić information content (AvgIpc) is 2.28. The lowest BCUT2D eigenvalue weighted by Gasteiger charge is -2.12. The zero-order chi connectivity index (χ0) is 13.0. The Bertz CT molecular complexity index is 445. The molecule has 0 aromatic heterocycles. The van der Waals surface area contributed by atoms with Crippen molar-refractivity contribution < 1.29 is 19.8 Å². The van der Waals surface area contributed by atoms with Gasteiger partial charge in [-0.3, -0.25) is 4.79 Å². The minimum Gasteiger partial charge on any atom is -0.480 e. The summed E-state index contributed by atoms with van der Waals surface area (Å²) in [4.78, 5) is 22.3. The number of nitrogens with two attached hydrogens (primary N) is 1. The number of aliphatic hydroxyl groups excluding tert-OH is 1. The number of amides is 1. The number of aliphatic hydroxyl groups is 1. The molecule has 1 aromatic rings. The summed E-state index contributed by atoms with van der Waals surface area (Å²) in [5.74, 6) is -1.84. The van der Waals surface area contributed by atoms with Crippen LogP contribution in [0.3, 0.4) is 0 Å². The summed E-state index contributed by atoms with van der Waals surface area (Å²) in [7, 11) is 0. The molecule has 0 fully saturated rings. The van der Waals surface area contributed by atoms with E-state index in [0.717, 1.165) is 5.56 Å². The van der Waals surface area contributed by atoms with E-state index >= 15 is 0 Å². The maximum atomic E-state index is 11.7. The van der Waals surface area contributed by atoms with Gasteiger partial charge in [-0.1, -0.05) is 0 Å². The van der Waals surface area contributed by atoms with Crippen LogP contribution in [0, 0.1) is 6.92 Å². The second-order valence-electron chi connectivity index (χ2n) is 3.62. The molecular weight excluding hydrogens is 224 g/mol. The summed E-state index contributed by atoms with van der Waals surface area (Å²) >= 11 is 0. The maximum Gasteiger partial charge on any atom is 0.328 e. The van der Waals surface area contributed by atoms with E-state index in [9.17, 15) is 9.59 Å². The Morgan fingerprint density at radius 3 is 2.59 bits per heavy atom. The van der Waals surface area contributed by atoms with E-state index in [2.05, 4.69) is 5.32 Å². The molecule has 1 atom stereocenters. The summed E-state index contributed by atoms with van der Waals surface area (Å²) in [6.45, 7) is 1.09. The van der Waals surface area contributed by atoms with Gasteiger partial charge >= 0.3 is 5.97 Å². The molecule has 0 aliphatic carbocycles. The molecule has 0 saturated heterocycles. The fourth-order valence-corrected chi connectivity index (χ4v) is 1.24. The van der Waals surface area contributed by atoms with Crippen molar-refractivity contribution in [3.63, 3.8) is 0 Å². The fourth-order valence-electron chi connectivity index (χ4n) is 1.24. The second kappa shape index (κ2) is 5.31. The number of nitrogens with one attached hydrogen (secondary N) is 1. The molecule has 17 heavy (non-hydrogen) atoms. The number of carbonyl (C=O) groups excluding carboxylic acids is 1. The standard InChI is InChI=1S/C11H14N2O4/c1-6-4-7(2-3-8(6)12)10(15)13-9(5-14)11(16)17/h2-4,9,14H,5,12H2,1H3,(H,13,15)(H,16,17)/t9-/m1/s1. The molecule has 0 saturated carbocycles. The average molecular weight is 238 g/mol. The number of anilines is 1. The molecule has 6 nitrogen and oxygen atoms in total. The summed E-state index contributed by atoms with van der Waals surface area (Å²) in [6, 6.07) is 3.31. The highest BCUT2D eigenvalue weighted by Crippen LogP contribution is 2.12. The lowest BCUT2D eigenvalue weighted by Crippen LogP contribution is -2.43. The summed E-state index contributed by atoms with van der Waals surface area (Å²) in [6.07, 6.45) is 0. The van der Waals surface area contributed by atoms with Gasteiger partial charge in [0.05, 0.1) is 6.61 Å². The largest absolute Gasteiger partial charge is 0.480 e. The molecule has 0 aliphatic rings. The van der Waals surface area contributed by atoms with E-state index in [1.54, 1.807) is 19.1 Å². The maximum absolute atomic E-state index is 11.7. The fraction of sp³-hybridized carbons (Fsp3) is 0.273. The van der Waals surface area contributed by atoms with Gasteiger partial charge in [-0.15, -0.1) is 0 Å². The van der Waals surface area contributed by atoms with Crippen LogP contribution in [0.4, 0.5) is 5.69 Å². The molecule has 0 aliphatic heterocycles. The highest BCUT2D eigenvalue weighted by molar-refractivity contribution is 5.97. The molecule has 92 valence electrons. The summed E-state index contributed by atoms with van der Waals surface area (Å²) in [5.41, 5.74) is 7.19. The van der Waals surface area contributed by atoms with Gasteiger partial charge in [0.15, 0.2) is 6.04 Å². The number of benzene rings is 1. The minimum absolute atomic E-state index is 0.302. The van der Waals surface area contributed by atoms with Gasteiger partial charge in [0, 0.05) is 11.3 Å². The van der Waals surface area contributed by atoms with Crippen molar-refractivity contribution in [3.05, 3.63) is 29.3 Å². The predicted molar refractivity (Wildman–Crippen MR) is 61.6 cm³/mol. The van der Waals surface area contributed by atoms with E-state index in [1.807, 2.05) is 0 Å². The first-order valence-electron chi connectivity index (χ1n) is 4.96. The Morgan fingerprint density at radius 2 is 2.12 bits per heavy atom. The van der Waals surface area contributed by atoms with Crippen molar-refractivity contribution in [1.82, 2.24) is 5.32 Å². The first-order chi connectivity index (χ1) is 7.95. The number of hydrogen-bond donors (Lipinski definition) is 4. The minimum atomic E-state index is -1.31. The topological polar surface area (TPSA) is 113 Å². The first kappa shape index (κ1) is 13.0. The van der Waals surface area contributed by atoms with Crippen LogP contribution in [0.2, 0.25) is 0 Å². The Kier molecular flexibility index (Phi) is 4.06.